The standard InChI is InChI=1S/C12H16FNO3/c1-16-11(10(14)7-13)8-3-5-9(6-4-8)12(15)17-2/h3-6,10-11H,7,14H2,1-2H3. The molecule has 1 aromatic carbocycles. The SMILES string of the molecule is COC(=O)c1ccc(C(OC)C(N)CF)cc1. The molecule has 0 aromatic heterocycles. The number of ether oxygens (including phenoxy) is 2. The molecule has 0 spiro atoms. The van der Waals surface area contributed by atoms with Gasteiger partial charge in [0.25, 0.3) is 0 Å². The van der Waals surface area contributed by atoms with Crippen LogP contribution in [-0.2, 0) is 9.47 Å². The fourth-order valence-corrected chi connectivity index (χ4v) is 1.57. The van der Waals surface area contributed by atoms with Crippen molar-refractivity contribution in [3.63, 3.8) is 0 Å². The molecule has 5 heteroatoms. The Labute approximate surface area is 99.5 Å². The van der Waals surface area contributed by atoms with E-state index in [1.54, 1.807) is 24.3 Å². The summed E-state index contributed by atoms with van der Waals surface area (Å²) in [5, 5.41) is 0. The van der Waals surface area contributed by atoms with Crippen LogP contribution < -0.4 is 5.73 Å². The third-order valence-corrected chi connectivity index (χ3v) is 2.48. The Balaban J connectivity index is 2.88. The number of benzene rings is 1. The number of hydrogen-bond acceptors (Lipinski definition) is 4. The largest absolute Gasteiger partial charge is 0.465 e. The molecule has 2 N–H and O–H groups in total. The van der Waals surface area contributed by atoms with Gasteiger partial charge in [0.2, 0.25) is 0 Å². The van der Waals surface area contributed by atoms with E-state index in [1.807, 2.05) is 0 Å². The van der Waals surface area contributed by atoms with Crippen molar-refractivity contribution in [1.29, 1.82) is 0 Å². The Hall–Kier alpha value is -1.46. The van der Waals surface area contributed by atoms with Crippen LogP contribution in [0.4, 0.5) is 4.39 Å². The lowest BCUT2D eigenvalue weighted by Crippen LogP contribution is -2.31. The number of rotatable bonds is 5. The zero-order valence-electron chi connectivity index (χ0n) is 9.85. The summed E-state index contributed by atoms with van der Waals surface area (Å²) < 4.78 is 22.2. The Morgan fingerprint density at radius 1 is 1.35 bits per heavy atom. The predicted molar refractivity (Wildman–Crippen MR) is 61.5 cm³/mol. The molecule has 0 saturated carbocycles. The van der Waals surface area contributed by atoms with E-state index in [-0.39, 0.29) is 0 Å². The number of methoxy groups -OCH3 is 2. The van der Waals surface area contributed by atoms with Crippen LogP contribution in [-0.4, -0.2) is 32.9 Å². The van der Waals surface area contributed by atoms with Crippen molar-refractivity contribution in [2.45, 2.75) is 12.1 Å². The highest BCUT2D eigenvalue weighted by Crippen LogP contribution is 2.20. The summed E-state index contributed by atoms with van der Waals surface area (Å²) in [6.07, 6.45) is -0.522. The molecule has 2 atom stereocenters. The van der Waals surface area contributed by atoms with Crippen molar-refractivity contribution in [2.24, 2.45) is 5.73 Å². The number of esters is 1. The van der Waals surface area contributed by atoms with E-state index in [4.69, 9.17) is 10.5 Å². The third-order valence-electron chi connectivity index (χ3n) is 2.48. The van der Waals surface area contributed by atoms with E-state index in [0.717, 1.165) is 5.56 Å². The van der Waals surface area contributed by atoms with Gasteiger partial charge < -0.3 is 15.2 Å². The Morgan fingerprint density at radius 3 is 2.35 bits per heavy atom. The van der Waals surface area contributed by atoms with Crippen LogP contribution in [0.15, 0.2) is 24.3 Å². The number of carbonyl (C=O) groups is 1. The maximum atomic E-state index is 12.5. The molecule has 0 aliphatic heterocycles. The summed E-state index contributed by atoms with van der Waals surface area (Å²) in [6.45, 7) is -0.669. The van der Waals surface area contributed by atoms with E-state index in [9.17, 15) is 9.18 Å². The maximum Gasteiger partial charge on any atom is 0.337 e. The second-order valence-electron chi connectivity index (χ2n) is 3.59. The first-order chi connectivity index (χ1) is 8.13. The molecule has 2 unspecified atom stereocenters. The fraction of sp³-hybridized carbons (Fsp3) is 0.417. The molecule has 17 heavy (non-hydrogen) atoms. The highest BCUT2D eigenvalue weighted by molar-refractivity contribution is 5.89. The van der Waals surface area contributed by atoms with Gasteiger partial charge in [0, 0.05) is 7.11 Å². The van der Waals surface area contributed by atoms with Gasteiger partial charge in [0.15, 0.2) is 0 Å². The molecule has 0 saturated heterocycles. The van der Waals surface area contributed by atoms with Crippen molar-refractivity contribution in [2.75, 3.05) is 20.9 Å². The van der Waals surface area contributed by atoms with Crippen molar-refractivity contribution >= 4 is 5.97 Å². The van der Waals surface area contributed by atoms with E-state index in [2.05, 4.69) is 4.74 Å². The highest BCUT2D eigenvalue weighted by atomic mass is 19.1. The third kappa shape index (κ3) is 3.25. The van der Waals surface area contributed by atoms with Crippen LogP contribution in [0.3, 0.4) is 0 Å². The molecule has 0 radical (unpaired) electrons. The second-order valence-corrected chi connectivity index (χ2v) is 3.59. The number of halogens is 1. The second kappa shape index (κ2) is 6.32. The molecule has 94 valence electrons. The lowest BCUT2D eigenvalue weighted by atomic mass is 10.0. The van der Waals surface area contributed by atoms with Gasteiger partial charge in [-0.05, 0) is 17.7 Å². The predicted octanol–water partition coefficient (Wildman–Crippen LogP) is 1.46. The minimum absolute atomic E-state index is 0.416. The highest BCUT2D eigenvalue weighted by Gasteiger charge is 2.19. The molecular weight excluding hydrogens is 225 g/mol. The lowest BCUT2D eigenvalue weighted by Gasteiger charge is -2.20. The molecule has 0 amide bonds. The number of alkyl halides is 1. The fourth-order valence-electron chi connectivity index (χ4n) is 1.57. The van der Waals surface area contributed by atoms with Gasteiger partial charge in [-0.25, -0.2) is 9.18 Å². The monoisotopic (exact) mass is 241 g/mol. The first kappa shape index (κ1) is 13.6. The van der Waals surface area contributed by atoms with Gasteiger partial charge in [0.05, 0.1) is 24.8 Å². The van der Waals surface area contributed by atoms with E-state index < -0.39 is 24.8 Å². The molecule has 1 rings (SSSR count). The Morgan fingerprint density at radius 2 is 1.94 bits per heavy atom. The van der Waals surface area contributed by atoms with Crippen LogP contribution in [0.25, 0.3) is 0 Å². The smallest absolute Gasteiger partial charge is 0.337 e. The summed E-state index contributed by atoms with van der Waals surface area (Å²) in [6, 6.07) is 5.83. The van der Waals surface area contributed by atoms with Gasteiger partial charge in [-0.3, -0.25) is 0 Å². The van der Waals surface area contributed by atoms with Gasteiger partial charge in [0.1, 0.15) is 6.67 Å². The molecule has 0 fully saturated rings. The summed E-state index contributed by atoms with van der Waals surface area (Å²) >= 11 is 0. The Kier molecular flexibility index (Phi) is 5.06. The van der Waals surface area contributed by atoms with Crippen LogP contribution in [0.2, 0.25) is 0 Å². The topological polar surface area (TPSA) is 61.5 Å². The molecular formula is C12H16FNO3. The molecule has 0 bridgehead atoms. The van der Waals surface area contributed by atoms with Crippen molar-refractivity contribution in [1.82, 2.24) is 0 Å². The van der Waals surface area contributed by atoms with Gasteiger partial charge in [-0.1, -0.05) is 12.1 Å². The Bertz CT molecular complexity index is 367. The molecule has 1 aromatic rings. The van der Waals surface area contributed by atoms with Crippen LogP contribution in [0, 0.1) is 0 Å². The number of hydrogen-bond donors (Lipinski definition) is 1. The number of nitrogens with two attached hydrogens (primary N) is 1. The maximum absolute atomic E-state index is 12.5. The van der Waals surface area contributed by atoms with Crippen molar-refractivity contribution in [3.05, 3.63) is 35.4 Å². The average Bonchev–Trinajstić information content (AvgIpc) is 2.39. The van der Waals surface area contributed by atoms with Crippen molar-refractivity contribution in [3.8, 4) is 0 Å². The minimum atomic E-state index is -0.719. The summed E-state index contributed by atoms with van der Waals surface area (Å²) in [7, 11) is 2.78. The van der Waals surface area contributed by atoms with Gasteiger partial charge in [-0.15, -0.1) is 0 Å². The number of carbonyl (C=O) groups excluding carboxylic acids is 1. The molecule has 0 aliphatic rings. The molecule has 4 nitrogen and oxygen atoms in total. The van der Waals surface area contributed by atoms with Crippen molar-refractivity contribution < 1.29 is 18.7 Å². The minimum Gasteiger partial charge on any atom is -0.465 e. The van der Waals surface area contributed by atoms with E-state index >= 15 is 0 Å². The van der Waals surface area contributed by atoms with Crippen LogP contribution in [0.5, 0.6) is 0 Å². The van der Waals surface area contributed by atoms with E-state index in [0.29, 0.717) is 5.56 Å². The van der Waals surface area contributed by atoms with E-state index in [1.165, 1.54) is 14.2 Å². The normalized spacial score (nSPS) is 14.1. The summed E-state index contributed by atoms with van der Waals surface area (Å²) in [5.74, 6) is -0.416. The van der Waals surface area contributed by atoms with Gasteiger partial charge in [-0.2, -0.15) is 0 Å². The summed E-state index contributed by atoms with van der Waals surface area (Å²) in [4.78, 5) is 11.2. The quantitative estimate of drug-likeness (QED) is 0.793. The van der Waals surface area contributed by atoms with Crippen LogP contribution in [0.1, 0.15) is 22.0 Å². The zero-order valence-corrected chi connectivity index (χ0v) is 9.85. The average molecular weight is 241 g/mol. The molecule has 0 aliphatic carbocycles. The van der Waals surface area contributed by atoms with Crippen LogP contribution >= 0.6 is 0 Å². The molecule has 0 heterocycles. The lowest BCUT2D eigenvalue weighted by molar-refractivity contribution is 0.0599. The van der Waals surface area contributed by atoms with Gasteiger partial charge >= 0.3 is 5.97 Å². The first-order valence-electron chi connectivity index (χ1n) is 5.16. The summed E-state index contributed by atoms with van der Waals surface area (Å²) in [5.41, 5.74) is 6.75. The zero-order chi connectivity index (χ0) is 12.8. The first-order valence-corrected chi connectivity index (χ1v) is 5.16.